The summed E-state index contributed by atoms with van der Waals surface area (Å²) in [7, 11) is 1.66. The highest BCUT2D eigenvalue weighted by atomic mass is 16.5. The SMILES string of the molecule is COC(C)c1c(CN)nnn1CCCCCO. The number of nitrogens with two attached hydrogens (primary N) is 1. The van der Waals surface area contributed by atoms with Crippen LogP contribution in [0, 0.1) is 0 Å². The molecule has 0 spiro atoms. The Hall–Kier alpha value is -0.980. The van der Waals surface area contributed by atoms with Crippen LogP contribution in [0.25, 0.3) is 0 Å². The van der Waals surface area contributed by atoms with Crippen molar-refractivity contribution in [2.75, 3.05) is 13.7 Å². The third-order valence-electron chi connectivity index (χ3n) is 2.81. The van der Waals surface area contributed by atoms with Crippen LogP contribution >= 0.6 is 0 Å². The largest absolute Gasteiger partial charge is 0.396 e. The van der Waals surface area contributed by atoms with Crippen LogP contribution in [0.4, 0.5) is 0 Å². The van der Waals surface area contributed by atoms with E-state index in [2.05, 4.69) is 10.3 Å². The molecule has 0 amide bonds. The number of methoxy groups -OCH3 is 1. The molecule has 0 radical (unpaired) electrons. The highest BCUT2D eigenvalue weighted by molar-refractivity contribution is 5.12. The van der Waals surface area contributed by atoms with Crippen molar-refractivity contribution in [1.82, 2.24) is 15.0 Å². The summed E-state index contributed by atoms with van der Waals surface area (Å²) in [5, 5.41) is 16.9. The molecule has 0 aliphatic rings. The molecule has 1 aromatic rings. The fraction of sp³-hybridized carbons (Fsp3) is 0.818. The van der Waals surface area contributed by atoms with Crippen LogP contribution in [0.5, 0.6) is 0 Å². The number of nitrogens with zero attached hydrogens (tertiary/aromatic N) is 3. The van der Waals surface area contributed by atoms with Gasteiger partial charge in [-0.2, -0.15) is 0 Å². The first-order chi connectivity index (χ1) is 8.24. The van der Waals surface area contributed by atoms with Gasteiger partial charge < -0.3 is 15.6 Å². The minimum absolute atomic E-state index is 0.0543. The molecule has 6 heteroatoms. The minimum atomic E-state index is -0.0543. The van der Waals surface area contributed by atoms with E-state index in [1.165, 1.54) is 0 Å². The molecule has 1 heterocycles. The van der Waals surface area contributed by atoms with Gasteiger partial charge in [-0.3, -0.25) is 0 Å². The zero-order valence-electron chi connectivity index (χ0n) is 10.6. The first kappa shape index (κ1) is 14.1. The first-order valence-corrected chi connectivity index (χ1v) is 6.00. The average molecular weight is 242 g/mol. The molecule has 0 bridgehead atoms. The molecule has 3 N–H and O–H groups in total. The minimum Gasteiger partial charge on any atom is -0.396 e. The Morgan fingerprint density at radius 1 is 1.41 bits per heavy atom. The molecule has 17 heavy (non-hydrogen) atoms. The van der Waals surface area contributed by atoms with Gasteiger partial charge in [0.1, 0.15) is 5.69 Å². The monoisotopic (exact) mass is 242 g/mol. The summed E-state index contributed by atoms with van der Waals surface area (Å²) in [6, 6.07) is 0. The number of unbranched alkanes of at least 4 members (excludes halogenated alkanes) is 2. The summed E-state index contributed by atoms with van der Waals surface area (Å²) in [4.78, 5) is 0. The van der Waals surface area contributed by atoms with Crippen molar-refractivity contribution in [2.45, 2.75) is 45.4 Å². The number of aryl methyl sites for hydroxylation is 1. The number of aliphatic hydroxyl groups is 1. The molecule has 98 valence electrons. The van der Waals surface area contributed by atoms with Gasteiger partial charge in [-0.1, -0.05) is 5.21 Å². The van der Waals surface area contributed by atoms with Crippen molar-refractivity contribution in [1.29, 1.82) is 0 Å². The molecule has 0 fully saturated rings. The van der Waals surface area contributed by atoms with Gasteiger partial charge in [0.05, 0.1) is 11.8 Å². The lowest BCUT2D eigenvalue weighted by Gasteiger charge is -2.13. The standard InChI is InChI=1S/C11H22N4O2/c1-9(17-2)11-10(8-12)13-14-15(11)6-4-3-5-7-16/h9,16H,3-8,12H2,1-2H3. The van der Waals surface area contributed by atoms with Gasteiger partial charge in [0.25, 0.3) is 0 Å². The Bertz CT molecular complexity index is 327. The average Bonchev–Trinajstić information content (AvgIpc) is 2.76. The first-order valence-electron chi connectivity index (χ1n) is 6.00. The lowest BCUT2D eigenvalue weighted by molar-refractivity contribution is 0.110. The highest BCUT2D eigenvalue weighted by Gasteiger charge is 2.17. The maximum atomic E-state index is 8.72. The Morgan fingerprint density at radius 2 is 2.18 bits per heavy atom. The van der Waals surface area contributed by atoms with E-state index in [-0.39, 0.29) is 12.7 Å². The van der Waals surface area contributed by atoms with Gasteiger partial charge in [0.2, 0.25) is 0 Å². The van der Waals surface area contributed by atoms with E-state index in [1.54, 1.807) is 7.11 Å². The maximum absolute atomic E-state index is 8.72. The summed E-state index contributed by atoms with van der Waals surface area (Å²) in [5.41, 5.74) is 7.38. The zero-order valence-corrected chi connectivity index (χ0v) is 10.6. The molecular formula is C11H22N4O2. The fourth-order valence-electron chi connectivity index (χ4n) is 1.77. The van der Waals surface area contributed by atoms with Crippen LogP contribution in [-0.2, 0) is 17.8 Å². The molecule has 1 atom stereocenters. The second kappa shape index (κ2) is 7.37. The van der Waals surface area contributed by atoms with Crippen LogP contribution < -0.4 is 5.73 Å². The molecule has 1 rings (SSSR count). The topological polar surface area (TPSA) is 86.2 Å². The van der Waals surface area contributed by atoms with Crippen molar-refractivity contribution < 1.29 is 9.84 Å². The quantitative estimate of drug-likeness (QED) is 0.652. The Morgan fingerprint density at radius 3 is 2.76 bits per heavy atom. The van der Waals surface area contributed by atoms with Gasteiger partial charge in [-0.25, -0.2) is 4.68 Å². The van der Waals surface area contributed by atoms with E-state index >= 15 is 0 Å². The summed E-state index contributed by atoms with van der Waals surface area (Å²) >= 11 is 0. The van der Waals surface area contributed by atoms with E-state index in [0.29, 0.717) is 6.54 Å². The summed E-state index contributed by atoms with van der Waals surface area (Å²) in [6.45, 7) is 3.37. The lowest BCUT2D eigenvalue weighted by atomic mass is 10.2. The van der Waals surface area contributed by atoms with E-state index in [0.717, 1.165) is 37.2 Å². The van der Waals surface area contributed by atoms with Crippen LogP contribution in [0.2, 0.25) is 0 Å². The van der Waals surface area contributed by atoms with Crippen LogP contribution in [0.1, 0.15) is 43.7 Å². The van der Waals surface area contributed by atoms with E-state index in [4.69, 9.17) is 15.6 Å². The van der Waals surface area contributed by atoms with Gasteiger partial charge in [0, 0.05) is 26.8 Å². The lowest BCUT2D eigenvalue weighted by Crippen LogP contribution is -2.12. The number of hydrogen-bond donors (Lipinski definition) is 2. The normalized spacial score (nSPS) is 12.9. The van der Waals surface area contributed by atoms with Crippen molar-refractivity contribution in [3.63, 3.8) is 0 Å². The number of rotatable bonds is 8. The molecule has 0 aliphatic carbocycles. The summed E-state index contributed by atoms with van der Waals surface area (Å²) in [5.74, 6) is 0. The fourth-order valence-corrected chi connectivity index (χ4v) is 1.77. The van der Waals surface area contributed by atoms with Crippen molar-refractivity contribution >= 4 is 0 Å². The Kier molecular flexibility index (Phi) is 6.10. The van der Waals surface area contributed by atoms with Crippen LogP contribution in [0.3, 0.4) is 0 Å². The molecule has 0 saturated carbocycles. The van der Waals surface area contributed by atoms with E-state index < -0.39 is 0 Å². The maximum Gasteiger partial charge on any atom is 0.102 e. The smallest absolute Gasteiger partial charge is 0.102 e. The Labute approximate surface area is 102 Å². The van der Waals surface area contributed by atoms with E-state index in [9.17, 15) is 0 Å². The number of hydrogen-bond acceptors (Lipinski definition) is 5. The molecule has 1 aromatic heterocycles. The van der Waals surface area contributed by atoms with Crippen molar-refractivity contribution in [2.24, 2.45) is 5.73 Å². The molecule has 1 unspecified atom stereocenters. The molecule has 6 nitrogen and oxygen atoms in total. The molecule has 0 aliphatic heterocycles. The molecule has 0 saturated heterocycles. The van der Waals surface area contributed by atoms with Gasteiger partial charge in [-0.05, 0) is 26.2 Å². The van der Waals surface area contributed by atoms with E-state index in [1.807, 2.05) is 11.6 Å². The number of ether oxygens (including phenoxy) is 1. The van der Waals surface area contributed by atoms with Gasteiger partial charge >= 0.3 is 0 Å². The second-order valence-electron chi connectivity index (χ2n) is 4.01. The van der Waals surface area contributed by atoms with Crippen LogP contribution in [-0.4, -0.2) is 33.8 Å². The van der Waals surface area contributed by atoms with Crippen molar-refractivity contribution in [3.05, 3.63) is 11.4 Å². The zero-order chi connectivity index (χ0) is 12.7. The second-order valence-corrected chi connectivity index (χ2v) is 4.01. The predicted molar refractivity (Wildman–Crippen MR) is 64.3 cm³/mol. The third kappa shape index (κ3) is 3.76. The van der Waals surface area contributed by atoms with Crippen LogP contribution in [0.15, 0.2) is 0 Å². The summed E-state index contributed by atoms with van der Waals surface area (Å²) < 4.78 is 7.16. The van der Waals surface area contributed by atoms with Gasteiger partial charge in [0.15, 0.2) is 0 Å². The number of aliphatic hydroxyl groups excluding tert-OH is 1. The van der Waals surface area contributed by atoms with Crippen molar-refractivity contribution in [3.8, 4) is 0 Å². The molecule has 0 aromatic carbocycles. The molecular weight excluding hydrogens is 220 g/mol. The third-order valence-corrected chi connectivity index (χ3v) is 2.81. The summed E-state index contributed by atoms with van der Waals surface area (Å²) in [6.07, 6.45) is 2.72. The predicted octanol–water partition coefficient (Wildman–Crippen LogP) is 0.607. The highest BCUT2D eigenvalue weighted by Crippen LogP contribution is 2.19. The van der Waals surface area contributed by atoms with Gasteiger partial charge in [-0.15, -0.1) is 5.10 Å². The number of aromatic nitrogens is 3. The Balaban J connectivity index is 2.67.